The number of hydrogen-bond acceptors (Lipinski definition) is 5. The predicted molar refractivity (Wildman–Crippen MR) is 119 cm³/mol. The fourth-order valence-corrected chi connectivity index (χ4v) is 4.72. The number of rotatable bonds is 7. The monoisotopic (exact) mass is 513 g/mol. The van der Waals surface area contributed by atoms with Crippen LogP contribution in [-0.2, 0) is 21.0 Å². The van der Waals surface area contributed by atoms with Crippen LogP contribution < -0.4 is 9.62 Å². The number of halogens is 4. The molecule has 0 atom stereocenters. The second kappa shape index (κ2) is 9.69. The number of nitro groups is 1. The Bertz CT molecular complexity index is 1330. The van der Waals surface area contributed by atoms with Crippen molar-refractivity contribution < 1.29 is 31.3 Å². The first-order valence-electron chi connectivity index (χ1n) is 9.39. The summed E-state index contributed by atoms with van der Waals surface area (Å²) in [6.45, 7) is -0.898. The highest BCUT2D eigenvalue weighted by molar-refractivity contribution is 7.93. The molecule has 13 heteroatoms. The molecule has 0 aliphatic heterocycles. The summed E-state index contributed by atoms with van der Waals surface area (Å²) in [6.07, 6.45) is -4.70. The molecule has 3 aromatic carbocycles. The van der Waals surface area contributed by atoms with Crippen molar-refractivity contribution in [1.82, 2.24) is 0 Å². The van der Waals surface area contributed by atoms with Crippen molar-refractivity contribution in [3.63, 3.8) is 0 Å². The Morgan fingerprint density at radius 3 is 2.26 bits per heavy atom. The van der Waals surface area contributed by atoms with E-state index in [4.69, 9.17) is 11.6 Å². The fourth-order valence-electron chi connectivity index (χ4n) is 2.97. The molecule has 3 rings (SSSR count). The zero-order valence-electron chi connectivity index (χ0n) is 17.0. The summed E-state index contributed by atoms with van der Waals surface area (Å²) in [7, 11) is -4.64. The van der Waals surface area contributed by atoms with Gasteiger partial charge in [0.05, 0.1) is 26.9 Å². The van der Waals surface area contributed by atoms with Crippen LogP contribution >= 0.6 is 11.6 Å². The lowest BCUT2D eigenvalue weighted by atomic mass is 10.2. The van der Waals surface area contributed by atoms with Gasteiger partial charge in [-0.2, -0.15) is 13.2 Å². The van der Waals surface area contributed by atoms with E-state index in [2.05, 4.69) is 5.32 Å². The van der Waals surface area contributed by atoms with Crippen molar-refractivity contribution in [3.8, 4) is 0 Å². The second-order valence-corrected chi connectivity index (χ2v) is 9.05. The first-order chi connectivity index (χ1) is 15.9. The number of anilines is 2. The van der Waals surface area contributed by atoms with Gasteiger partial charge in [-0.05, 0) is 36.4 Å². The molecule has 1 amide bonds. The first kappa shape index (κ1) is 25.0. The summed E-state index contributed by atoms with van der Waals surface area (Å²) in [5, 5.41) is 13.4. The number of carbonyl (C=O) groups excluding carboxylic acids is 1. The van der Waals surface area contributed by atoms with Crippen LogP contribution in [0.5, 0.6) is 0 Å². The highest BCUT2D eigenvalue weighted by Gasteiger charge is 2.34. The Balaban J connectivity index is 2.00. The molecule has 34 heavy (non-hydrogen) atoms. The zero-order valence-corrected chi connectivity index (χ0v) is 18.6. The molecule has 0 aliphatic carbocycles. The molecule has 0 bridgehead atoms. The van der Waals surface area contributed by atoms with Crippen LogP contribution in [0.2, 0.25) is 5.02 Å². The molecule has 8 nitrogen and oxygen atoms in total. The molecule has 3 aromatic rings. The molecule has 1 N–H and O–H groups in total. The molecular formula is C21H15ClF3N3O5S. The second-order valence-electron chi connectivity index (χ2n) is 6.81. The van der Waals surface area contributed by atoms with E-state index in [1.165, 1.54) is 36.4 Å². The number of nitrogens with one attached hydrogen (secondary N) is 1. The number of hydrogen-bond donors (Lipinski definition) is 1. The lowest BCUT2D eigenvalue weighted by Gasteiger charge is -2.24. The topological polar surface area (TPSA) is 110 Å². The lowest BCUT2D eigenvalue weighted by molar-refractivity contribution is -0.387. The molecule has 178 valence electrons. The maximum Gasteiger partial charge on any atom is 0.416 e. The van der Waals surface area contributed by atoms with E-state index in [0.717, 1.165) is 24.3 Å². The van der Waals surface area contributed by atoms with Crippen LogP contribution in [0.3, 0.4) is 0 Å². The van der Waals surface area contributed by atoms with E-state index in [-0.39, 0.29) is 16.4 Å². The van der Waals surface area contributed by atoms with E-state index in [9.17, 15) is 36.5 Å². The number of amides is 1. The molecule has 0 saturated heterocycles. The quantitative estimate of drug-likeness (QED) is 0.349. The van der Waals surface area contributed by atoms with Gasteiger partial charge in [-0.15, -0.1) is 0 Å². The maximum atomic E-state index is 13.4. The molecule has 0 fully saturated rings. The zero-order chi connectivity index (χ0) is 25.1. The van der Waals surface area contributed by atoms with Crippen molar-refractivity contribution >= 4 is 44.6 Å². The van der Waals surface area contributed by atoms with E-state index < -0.39 is 49.7 Å². The molecule has 0 radical (unpaired) electrons. The van der Waals surface area contributed by atoms with Gasteiger partial charge < -0.3 is 5.32 Å². The third-order valence-corrected chi connectivity index (χ3v) is 6.68. The predicted octanol–water partition coefficient (Wildman–Crippen LogP) is 5.10. The highest BCUT2D eigenvalue weighted by Crippen LogP contribution is 2.34. The fraction of sp³-hybridized carbons (Fsp3) is 0.0952. The third kappa shape index (κ3) is 5.46. The minimum absolute atomic E-state index is 0.00550. The van der Waals surface area contributed by atoms with E-state index >= 15 is 0 Å². The van der Waals surface area contributed by atoms with Crippen molar-refractivity contribution in [1.29, 1.82) is 0 Å². The minimum atomic E-state index is -4.70. The summed E-state index contributed by atoms with van der Waals surface area (Å²) >= 11 is 5.90. The molecule has 0 unspecified atom stereocenters. The number of para-hydroxylation sites is 2. The van der Waals surface area contributed by atoms with Gasteiger partial charge in [0.25, 0.3) is 15.7 Å². The number of nitrogens with zero attached hydrogens (tertiary/aromatic N) is 2. The van der Waals surface area contributed by atoms with Crippen molar-refractivity contribution in [3.05, 3.63) is 93.5 Å². The Morgan fingerprint density at radius 2 is 1.65 bits per heavy atom. The standard InChI is InChI=1S/C21H15ClF3N3O5S/c22-16-11-10-14(21(23,24)25)12-17(16)26-20(29)13-27(15-6-2-1-3-7-15)34(32,33)19-9-5-4-8-18(19)28(30)31/h1-12H,13H2,(H,26,29). The summed E-state index contributed by atoms with van der Waals surface area (Å²) in [6, 6.07) is 14.1. The van der Waals surface area contributed by atoms with Crippen molar-refractivity contribution in [2.45, 2.75) is 11.1 Å². The minimum Gasteiger partial charge on any atom is -0.323 e. The molecule has 0 aromatic heterocycles. The van der Waals surface area contributed by atoms with E-state index in [1.807, 2.05) is 0 Å². The number of benzene rings is 3. The average Bonchev–Trinajstić information content (AvgIpc) is 2.78. The van der Waals surface area contributed by atoms with Gasteiger partial charge >= 0.3 is 6.18 Å². The Morgan fingerprint density at radius 1 is 1.03 bits per heavy atom. The molecule has 0 aliphatic rings. The summed E-state index contributed by atoms with van der Waals surface area (Å²) in [5.41, 5.74) is -2.15. The van der Waals surface area contributed by atoms with Crippen LogP contribution in [0, 0.1) is 10.1 Å². The molecule has 0 saturated carbocycles. The van der Waals surface area contributed by atoms with Crippen LogP contribution in [0.25, 0.3) is 0 Å². The third-order valence-electron chi connectivity index (χ3n) is 4.53. The molecular weight excluding hydrogens is 499 g/mol. The maximum absolute atomic E-state index is 13.4. The van der Waals surface area contributed by atoms with Crippen LogP contribution in [-0.4, -0.2) is 25.8 Å². The number of nitro benzene ring substituents is 1. The number of alkyl halides is 3. The van der Waals surface area contributed by atoms with Crippen LogP contribution in [0.4, 0.5) is 30.2 Å². The average molecular weight is 514 g/mol. The first-order valence-corrected chi connectivity index (χ1v) is 11.2. The SMILES string of the molecule is O=C(CN(c1ccccc1)S(=O)(=O)c1ccccc1[N+](=O)[O-])Nc1cc(C(F)(F)F)ccc1Cl. The van der Waals surface area contributed by atoms with Gasteiger partial charge in [0.2, 0.25) is 5.91 Å². The summed E-state index contributed by atoms with van der Waals surface area (Å²) in [4.78, 5) is 22.6. The van der Waals surface area contributed by atoms with Gasteiger partial charge in [-0.25, -0.2) is 8.42 Å². The Hall–Kier alpha value is -3.64. The number of carbonyl (C=O) groups is 1. The van der Waals surface area contributed by atoms with Crippen LogP contribution in [0.15, 0.2) is 77.7 Å². The van der Waals surface area contributed by atoms with Crippen molar-refractivity contribution in [2.24, 2.45) is 0 Å². The summed E-state index contributed by atoms with van der Waals surface area (Å²) < 4.78 is 66.4. The largest absolute Gasteiger partial charge is 0.416 e. The van der Waals surface area contributed by atoms with Gasteiger partial charge in [-0.1, -0.05) is 41.9 Å². The molecule has 0 spiro atoms. The summed E-state index contributed by atoms with van der Waals surface area (Å²) in [5.74, 6) is -1.02. The van der Waals surface area contributed by atoms with E-state index in [1.54, 1.807) is 6.07 Å². The molecule has 0 heterocycles. The van der Waals surface area contributed by atoms with Gasteiger partial charge in [-0.3, -0.25) is 19.2 Å². The van der Waals surface area contributed by atoms with Gasteiger partial charge in [0.1, 0.15) is 6.54 Å². The van der Waals surface area contributed by atoms with Crippen LogP contribution in [0.1, 0.15) is 5.56 Å². The van der Waals surface area contributed by atoms with Gasteiger partial charge in [0, 0.05) is 6.07 Å². The van der Waals surface area contributed by atoms with E-state index in [0.29, 0.717) is 10.4 Å². The normalized spacial score (nSPS) is 11.6. The van der Waals surface area contributed by atoms with Crippen molar-refractivity contribution in [2.75, 3.05) is 16.2 Å². The lowest BCUT2D eigenvalue weighted by Crippen LogP contribution is -2.38. The Kier molecular flexibility index (Phi) is 7.12. The highest BCUT2D eigenvalue weighted by atomic mass is 35.5. The van der Waals surface area contributed by atoms with Gasteiger partial charge in [0.15, 0.2) is 4.90 Å². The Labute approximate surface area is 196 Å². The smallest absolute Gasteiger partial charge is 0.323 e. The number of sulfonamides is 1.